The fourth-order valence-electron chi connectivity index (χ4n) is 2.53. The summed E-state index contributed by atoms with van der Waals surface area (Å²) in [5, 5.41) is 3.73. The van der Waals surface area contributed by atoms with E-state index in [1.54, 1.807) is 0 Å². The van der Waals surface area contributed by atoms with Gasteiger partial charge in [0.2, 0.25) is 0 Å². The minimum Gasteiger partial charge on any atom is -0.326 e. The second kappa shape index (κ2) is 7.32. The zero-order valence-electron chi connectivity index (χ0n) is 14.4. The number of likely N-dealkylation sites (tertiary alicyclic amines) is 1. The summed E-state index contributed by atoms with van der Waals surface area (Å²) in [7, 11) is 0. The zero-order valence-corrected chi connectivity index (χ0v) is 16.0. The Bertz CT molecular complexity index is 971. The van der Waals surface area contributed by atoms with Crippen molar-refractivity contribution in [2.24, 2.45) is 0 Å². The van der Waals surface area contributed by atoms with Gasteiger partial charge < -0.3 is 4.90 Å². The van der Waals surface area contributed by atoms with Gasteiger partial charge in [0.05, 0.1) is 30.4 Å². The van der Waals surface area contributed by atoms with E-state index in [2.05, 4.69) is 26.0 Å². The molecule has 0 saturated carbocycles. The third kappa shape index (κ3) is 4.79. The van der Waals surface area contributed by atoms with Gasteiger partial charge in [-0.3, -0.25) is 4.79 Å². The van der Waals surface area contributed by atoms with Crippen molar-refractivity contribution in [3.63, 3.8) is 0 Å². The average Bonchev–Trinajstić information content (AvgIpc) is 3.05. The third-order valence-electron chi connectivity index (χ3n) is 3.94. The molecule has 1 aromatic carbocycles. The van der Waals surface area contributed by atoms with E-state index in [-0.39, 0.29) is 10.5 Å². The molecule has 2 aromatic rings. The third-order valence-corrected chi connectivity index (χ3v) is 4.48. The van der Waals surface area contributed by atoms with Crippen LogP contribution in [0, 0.1) is 0 Å². The van der Waals surface area contributed by atoms with E-state index in [4.69, 9.17) is 0 Å². The summed E-state index contributed by atoms with van der Waals surface area (Å²) < 4.78 is 104. The maximum Gasteiger partial charge on any atom is 0.416 e. The second-order valence-corrected chi connectivity index (χ2v) is 7.19. The summed E-state index contributed by atoms with van der Waals surface area (Å²) in [6.07, 6.45) is -8.14. The Hall–Kier alpha value is -2.51. The van der Waals surface area contributed by atoms with E-state index in [1.165, 1.54) is 0 Å². The fraction of sp³-hybridized carbons (Fsp3) is 0.312. The van der Waals surface area contributed by atoms with E-state index in [1.807, 2.05) is 0 Å². The standard InChI is InChI=1S/C16H9BrF8N4O/c17-11(13(30)28-5-14(18,19)6-28)4-29-7-26-12(27-29)8-1-9(15(20,21)22)3-10(2-8)16(23,24)25/h1-4,7H,5-6H2/b11-4+. The number of halogens is 9. The molecule has 14 heteroatoms. The molecule has 0 aliphatic carbocycles. The highest BCUT2D eigenvalue weighted by Gasteiger charge is 2.46. The quantitative estimate of drug-likeness (QED) is 0.451. The molecule has 0 unspecified atom stereocenters. The number of benzene rings is 1. The molecule has 2 heterocycles. The maximum atomic E-state index is 13.0. The van der Waals surface area contributed by atoms with Gasteiger partial charge in [-0.1, -0.05) is 0 Å². The van der Waals surface area contributed by atoms with Crippen molar-refractivity contribution in [2.45, 2.75) is 18.3 Å². The molecule has 1 aliphatic heterocycles. The van der Waals surface area contributed by atoms with Crippen LogP contribution in [0.1, 0.15) is 11.1 Å². The van der Waals surface area contributed by atoms with Gasteiger partial charge in [-0.2, -0.15) is 26.3 Å². The molecule has 1 amide bonds. The zero-order chi connectivity index (χ0) is 22.5. The number of carbonyl (C=O) groups excluding carboxylic acids is 1. The normalized spacial score (nSPS) is 17.1. The first kappa shape index (κ1) is 22.2. The van der Waals surface area contributed by atoms with Crippen LogP contribution >= 0.6 is 15.9 Å². The number of hydrogen-bond acceptors (Lipinski definition) is 3. The van der Waals surface area contributed by atoms with Crippen LogP contribution in [-0.4, -0.2) is 44.6 Å². The van der Waals surface area contributed by atoms with Crippen LogP contribution in [0.5, 0.6) is 0 Å². The first-order valence-electron chi connectivity index (χ1n) is 7.91. The predicted molar refractivity (Wildman–Crippen MR) is 90.2 cm³/mol. The number of carbonyl (C=O) groups is 1. The van der Waals surface area contributed by atoms with Crippen molar-refractivity contribution in [3.05, 3.63) is 40.1 Å². The van der Waals surface area contributed by atoms with Gasteiger partial charge in [0.15, 0.2) is 5.82 Å². The summed E-state index contributed by atoms with van der Waals surface area (Å²) in [5.41, 5.74) is -3.61. The molecule has 0 radical (unpaired) electrons. The molecule has 1 saturated heterocycles. The van der Waals surface area contributed by atoms with Gasteiger partial charge >= 0.3 is 12.4 Å². The molecule has 0 bridgehead atoms. The van der Waals surface area contributed by atoms with E-state index < -0.39 is 59.8 Å². The lowest BCUT2D eigenvalue weighted by atomic mass is 10.0. The van der Waals surface area contributed by atoms with Crippen molar-refractivity contribution in [2.75, 3.05) is 13.1 Å². The van der Waals surface area contributed by atoms with Crippen LogP contribution in [0.4, 0.5) is 35.1 Å². The van der Waals surface area contributed by atoms with Crippen molar-refractivity contribution < 1.29 is 39.9 Å². The number of amides is 1. The van der Waals surface area contributed by atoms with Gasteiger partial charge in [-0.15, -0.1) is 5.10 Å². The molecule has 0 atom stereocenters. The van der Waals surface area contributed by atoms with Gasteiger partial charge in [0.1, 0.15) is 10.8 Å². The molecule has 0 spiro atoms. The van der Waals surface area contributed by atoms with E-state index >= 15 is 0 Å². The molecule has 30 heavy (non-hydrogen) atoms. The predicted octanol–water partition coefficient (Wildman–Crippen LogP) is 4.65. The molecule has 162 valence electrons. The first-order chi connectivity index (χ1) is 13.7. The van der Waals surface area contributed by atoms with Crippen LogP contribution in [0.15, 0.2) is 29.0 Å². The molecular weight excluding hydrogens is 496 g/mol. The lowest BCUT2D eigenvalue weighted by Gasteiger charge is -2.38. The Morgan fingerprint density at radius 2 is 1.57 bits per heavy atom. The Balaban J connectivity index is 1.89. The van der Waals surface area contributed by atoms with Crippen molar-refractivity contribution in [1.82, 2.24) is 19.7 Å². The largest absolute Gasteiger partial charge is 0.416 e. The highest BCUT2D eigenvalue weighted by atomic mass is 79.9. The van der Waals surface area contributed by atoms with Crippen LogP contribution in [0.2, 0.25) is 0 Å². The molecule has 0 N–H and O–H groups in total. The van der Waals surface area contributed by atoms with E-state index in [0.717, 1.165) is 22.1 Å². The van der Waals surface area contributed by atoms with Crippen LogP contribution in [0.25, 0.3) is 17.6 Å². The van der Waals surface area contributed by atoms with Crippen LogP contribution < -0.4 is 0 Å². The molecular formula is C16H9BrF8N4O. The maximum absolute atomic E-state index is 13.0. The average molecular weight is 505 g/mol. The number of hydrogen-bond donors (Lipinski definition) is 0. The lowest BCUT2D eigenvalue weighted by molar-refractivity contribution is -0.161. The number of nitrogens with zero attached hydrogens (tertiary/aromatic N) is 4. The smallest absolute Gasteiger partial charge is 0.326 e. The van der Waals surface area contributed by atoms with Gasteiger partial charge in [0, 0.05) is 5.56 Å². The summed E-state index contributed by atoms with van der Waals surface area (Å²) in [5.74, 6) is -4.24. The minimum atomic E-state index is -5.03. The Morgan fingerprint density at radius 3 is 2.03 bits per heavy atom. The monoisotopic (exact) mass is 504 g/mol. The summed E-state index contributed by atoms with van der Waals surface area (Å²) >= 11 is 2.87. The SMILES string of the molecule is O=C(/C(Br)=C\n1cnc(-c2cc(C(F)(F)F)cc(C(F)(F)F)c2)n1)N1CC(F)(F)C1. The van der Waals surface area contributed by atoms with Crippen LogP contribution in [0.3, 0.4) is 0 Å². The molecule has 5 nitrogen and oxygen atoms in total. The number of alkyl halides is 8. The van der Waals surface area contributed by atoms with Crippen molar-refractivity contribution >= 4 is 28.0 Å². The fourth-order valence-corrected chi connectivity index (χ4v) is 2.99. The highest BCUT2D eigenvalue weighted by Crippen LogP contribution is 2.38. The summed E-state index contributed by atoms with van der Waals surface area (Å²) in [4.78, 5) is 16.5. The Morgan fingerprint density at radius 1 is 1.03 bits per heavy atom. The summed E-state index contributed by atoms with van der Waals surface area (Å²) in [6, 6.07) is 0.889. The molecule has 1 fully saturated rings. The van der Waals surface area contributed by atoms with Gasteiger partial charge in [-0.05, 0) is 34.1 Å². The first-order valence-corrected chi connectivity index (χ1v) is 8.70. The van der Waals surface area contributed by atoms with E-state index in [0.29, 0.717) is 12.1 Å². The number of rotatable bonds is 3. The Kier molecular flexibility index (Phi) is 5.41. The highest BCUT2D eigenvalue weighted by molar-refractivity contribution is 9.12. The summed E-state index contributed by atoms with van der Waals surface area (Å²) in [6.45, 7) is -1.55. The number of aromatic nitrogens is 3. The minimum absolute atomic E-state index is 0.0293. The van der Waals surface area contributed by atoms with Crippen molar-refractivity contribution in [1.29, 1.82) is 0 Å². The molecule has 1 aliphatic rings. The topological polar surface area (TPSA) is 51.0 Å². The van der Waals surface area contributed by atoms with Gasteiger partial charge in [-0.25, -0.2) is 18.4 Å². The lowest BCUT2D eigenvalue weighted by Crippen LogP contribution is -2.58. The van der Waals surface area contributed by atoms with Crippen molar-refractivity contribution in [3.8, 4) is 11.4 Å². The van der Waals surface area contributed by atoms with Gasteiger partial charge in [0.25, 0.3) is 11.8 Å². The second-order valence-electron chi connectivity index (χ2n) is 6.34. The molecule has 1 aromatic heterocycles. The Labute approximate surface area is 171 Å². The molecule has 3 rings (SSSR count). The van der Waals surface area contributed by atoms with E-state index in [9.17, 15) is 39.9 Å². The van der Waals surface area contributed by atoms with Crippen LogP contribution in [-0.2, 0) is 17.1 Å².